The number of nitro groups is 1. The summed E-state index contributed by atoms with van der Waals surface area (Å²) in [6, 6.07) is 5.15. The fourth-order valence-electron chi connectivity index (χ4n) is 2.42. The first-order valence-electron chi connectivity index (χ1n) is 6.42. The molecule has 8 heteroatoms. The zero-order chi connectivity index (χ0) is 14.8. The molecule has 0 radical (unpaired) electrons. The minimum Gasteiger partial charge on any atom is -0.353 e. The molecule has 1 atom stereocenters. The van der Waals surface area contributed by atoms with E-state index in [1.165, 1.54) is 0 Å². The van der Waals surface area contributed by atoms with Crippen LogP contribution in [0.5, 0.6) is 0 Å². The van der Waals surface area contributed by atoms with Crippen molar-refractivity contribution >= 4 is 33.6 Å². The highest BCUT2D eigenvalue weighted by Gasteiger charge is 2.32. The van der Waals surface area contributed by atoms with Gasteiger partial charge in [-0.25, -0.2) is 0 Å². The Morgan fingerprint density at radius 2 is 2.33 bits per heavy atom. The Morgan fingerprint density at radius 3 is 3.00 bits per heavy atom. The predicted molar refractivity (Wildman–Crippen MR) is 81.5 cm³/mol. The summed E-state index contributed by atoms with van der Waals surface area (Å²) in [6.07, 6.45) is 0. The molecule has 110 valence electrons. The largest absolute Gasteiger partial charge is 0.353 e. The van der Waals surface area contributed by atoms with Crippen LogP contribution in [-0.4, -0.2) is 28.8 Å². The average molecular weight is 323 g/mol. The van der Waals surface area contributed by atoms with Gasteiger partial charge < -0.3 is 5.32 Å². The Morgan fingerprint density at radius 1 is 1.48 bits per heavy atom. The van der Waals surface area contributed by atoms with Gasteiger partial charge in [0, 0.05) is 36.0 Å². The lowest BCUT2D eigenvalue weighted by Crippen LogP contribution is -2.49. The Bertz CT molecular complexity index is 653. The highest BCUT2D eigenvalue weighted by molar-refractivity contribution is 7.13. The number of rotatable bonds is 4. The molecule has 1 aliphatic heterocycles. The number of carbonyl (C=O) groups is 1. The highest BCUT2D eigenvalue weighted by Crippen LogP contribution is 2.30. The normalized spacial score (nSPS) is 19.4. The van der Waals surface area contributed by atoms with E-state index in [1.807, 2.05) is 17.5 Å². The molecule has 6 nitrogen and oxygen atoms in total. The molecule has 1 N–H and O–H groups in total. The Balaban J connectivity index is 1.81. The van der Waals surface area contributed by atoms with Crippen LogP contribution in [0.25, 0.3) is 0 Å². The molecule has 2 aromatic heterocycles. The molecule has 1 aliphatic rings. The van der Waals surface area contributed by atoms with Crippen molar-refractivity contribution in [2.45, 2.75) is 12.6 Å². The van der Waals surface area contributed by atoms with Gasteiger partial charge in [-0.05, 0) is 17.0 Å². The van der Waals surface area contributed by atoms with E-state index in [-0.39, 0.29) is 21.9 Å². The van der Waals surface area contributed by atoms with Crippen LogP contribution >= 0.6 is 22.7 Å². The highest BCUT2D eigenvalue weighted by atomic mass is 32.1. The van der Waals surface area contributed by atoms with Crippen molar-refractivity contribution in [2.24, 2.45) is 0 Å². The van der Waals surface area contributed by atoms with Crippen LogP contribution in [0, 0.1) is 10.1 Å². The fraction of sp³-hybridized carbons (Fsp3) is 0.308. The molecule has 0 bridgehead atoms. The van der Waals surface area contributed by atoms with Crippen LogP contribution in [0.3, 0.4) is 0 Å². The predicted octanol–water partition coefficient (Wildman–Crippen LogP) is 2.39. The second kappa shape index (κ2) is 5.92. The van der Waals surface area contributed by atoms with E-state index >= 15 is 0 Å². The van der Waals surface area contributed by atoms with Gasteiger partial charge in [-0.1, -0.05) is 17.4 Å². The lowest BCUT2D eigenvalue weighted by Gasteiger charge is -2.34. The third-order valence-corrected chi connectivity index (χ3v) is 5.18. The van der Waals surface area contributed by atoms with Crippen molar-refractivity contribution in [3.8, 4) is 0 Å². The summed E-state index contributed by atoms with van der Waals surface area (Å²) in [6.45, 7) is 1.88. The SMILES string of the molecule is O=C1NCCN(Cc2csc([N+](=O)[O-])c2)[C@H]1c1cccs1. The van der Waals surface area contributed by atoms with Crippen LogP contribution in [-0.2, 0) is 11.3 Å². The van der Waals surface area contributed by atoms with Gasteiger partial charge in [0.15, 0.2) is 0 Å². The first-order chi connectivity index (χ1) is 10.1. The molecule has 0 unspecified atom stereocenters. The molecular formula is C13H13N3O3S2. The van der Waals surface area contributed by atoms with Crippen molar-refractivity contribution in [1.82, 2.24) is 10.2 Å². The van der Waals surface area contributed by atoms with E-state index in [4.69, 9.17) is 0 Å². The van der Waals surface area contributed by atoms with Gasteiger partial charge >= 0.3 is 5.00 Å². The van der Waals surface area contributed by atoms with Crippen molar-refractivity contribution in [1.29, 1.82) is 0 Å². The Hall–Kier alpha value is -1.77. The molecule has 3 heterocycles. The molecular weight excluding hydrogens is 310 g/mol. The maximum Gasteiger partial charge on any atom is 0.324 e. The molecule has 0 aliphatic carbocycles. The van der Waals surface area contributed by atoms with Gasteiger partial charge in [-0.2, -0.15) is 0 Å². The van der Waals surface area contributed by atoms with Crippen molar-refractivity contribution in [3.05, 3.63) is 49.5 Å². The van der Waals surface area contributed by atoms with Gasteiger partial charge in [0.2, 0.25) is 5.91 Å². The Kier molecular flexibility index (Phi) is 4.00. The van der Waals surface area contributed by atoms with Gasteiger partial charge in [-0.15, -0.1) is 11.3 Å². The molecule has 1 saturated heterocycles. The summed E-state index contributed by atoms with van der Waals surface area (Å²) in [4.78, 5) is 25.6. The van der Waals surface area contributed by atoms with E-state index in [0.29, 0.717) is 13.1 Å². The molecule has 1 amide bonds. The zero-order valence-electron chi connectivity index (χ0n) is 11.0. The maximum absolute atomic E-state index is 12.2. The quantitative estimate of drug-likeness (QED) is 0.692. The molecule has 21 heavy (non-hydrogen) atoms. The summed E-state index contributed by atoms with van der Waals surface area (Å²) in [5.74, 6) is -0.00608. The van der Waals surface area contributed by atoms with Crippen LogP contribution < -0.4 is 5.32 Å². The number of carbonyl (C=O) groups excluding carboxylic acids is 1. The maximum atomic E-state index is 12.2. The fourth-order valence-corrected chi connectivity index (χ4v) is 3.99. The monoisotopic (exact) mass is 323 g/mol. The van der Waals surface area contributed by atoms with Crippen LogP contribution in [0.2, 0.25) is 0 Å². The first kappa shape index (κ1) is 14.2. The lowest BCUT2D eigenvalue weighted by atomic mass is 10.1. The van der Waals surface area contributed by atoms with Gasteiger partial charge in [-0.3, -0.25) is 19.8 Å². The van der Waals surface area contributed by atoms with E-state index in [9.17, 15) is 14.9 Å². The number of hydrogen-bond acceptors (Lipinski definition) is 6. The van der Waals surface area contributed by atoms with Gasteiger partial charge in [0.25, 0.3) is 0 Å². The van der Waals surface area contributed by atoms with Crippen LogP contribution in [0.1, 0.15) is 16.5 Å². The molecule has 0 saturated carbocycles. The average Bonchev–Trinajstić information content (AvgIpc) is 3.10. The molecule has 3 rings (SSSR count). The van der Waals surface area contributed by atoms with Gasteiger partial charge in [0.1, 0.15) is 6.04 Å². The summed E-state index contributed by atoms with van der Waals surface area (Å²) in [5.41, 5.74) is 0.878. The van der Waals surface area contributed by atoms with E-state index in [1.54, 1.807) is 22.8 Å². The molecule has 1 fully saturated rings. The second-order valence-corrected chi connectivity index (χ2v) is 6.60. The second-order valence-electron chi connectivity index (χ2n) is 4.73. The van der Waals surface area contributed by atoms with E-state index < -0.39 is 0 Å². The Labute approximate surface area is 129 Å². The number of nitrogens with zero attached hydrogens (tertiary/aromatic N) is 2. The third kappa shape index (κ3) is 2.97. The van der Waals surface area contributed by atoms with Crippen LogP contribution in [0.15, 0.2) is 29.0 Å². The van der Waals surface area contributed by atoms with Crippen molar-refractivity contribution in [2.75, 3.05) is 13.1 Å². The van der Waals surface area contributed by atoms with Crippen molar-refractivity contribution in [3.63, 3.8) is 0 Å². The number of amides is 1. The minimum atomic E-state index is -0.381. The summed E-state index contributed by atoms with van der Waals surface area (Å²) in [5, 5.41) is 17.5. The first-order valence-corrected chi connectivity index (χ1v) is 8.18. The van der Waals surface area contributed by atoms with Crippen LogP contribution in [0.4, 0.5) is 5.00 Å². The number of piperazine rings is 1. The number of thiophene rings is 2. The smallest absolute Gasteiger partial charge is 0.324 e. The zero-order valence-corrected chi connectivity index (χ0v) is 12.7. The van der Waals surface area contributed by atoms with E-state index in [2.05, 4.69) is 10.2 Å². The standard InChI is InChI=1S/C13H13N3O3S2/c17-13-12(10-2-1-5-20-10)15(4-3-14-13)7-9-6-11(16(18)19)21-8-9/h1-2,5-6,8,12H,3-4,7H2,(H,14,17)/t12-/m0/s1. The van der Waals surface area contributed by atoms with E-state index in [0.717, 1.165) is 28.3 Å². The summed E-state index contributed by atoms with van der Waals surface area (Å²) in [7, 11) is 0. The molecule has 0 spiro atoms. The third-order valence-electron chi connectivity index (χ3n) is 3.33. The molecule has 0 aromatic carbocycles. The number of nitrogens with one attached hydrogen (secondary N) is 1. The lowest BCUT2D eigenvalue weighted by molar-refractivity contribution is -0.380. The minimum absolute atomic E-state index is 0.00608. The molecule has 2 aromatic rings. The topological polar surface area (TPSA) is 75.5 Å². The summed E-state index contributed by atoms with van der Waals surface area (Å²) >= 11 is 2.67. The summed E-state index contributed by atoms with van der Waals surface area (Å²) < 4.78 is 0. The number of hydrogen-bond donors (Lipinski definition) is 1. The van der Waals surface area contributed by atoms with Crippen molar-refractivity contribution < 1.29 is 9.72 Å². The van der Waals surface area contributed by atoms with Gasteiger partial charge in [0.05, 0.1) is 4.92 Å².